The minimum Gasteiger partial charge on any atom is -0.497 e. The molecular formula is C17H16FNO2S. The number of carbonyl (C=O) groups excluding carboxylic acids is 1. The molecule has 2 aromatic carbocycles. The molecule has 1 unspecified atom stereocenters. The summed E-state index contributed by atoms with van der Waals surface area (Å²) in [7, 11) is 1.60. The van der Waals surface area contributed by atoms with Crippen LogP contribution in [0.1, 0.15) is 21.3 Å². The molecular weight excluding hydrogens is 301 g/mol. The molecule has 0 bridgehead atoms. The number of methoxy groups -OCH3 is 1. The van der Waals surface area contributed by atoms with Gasteiger partial charge < -0.3 is 9.64 Å². The fourth-order valence-electron chi connectivity index (χ4n) is 2.48. The highest BCUT2D eigenvalue weighted by Gasteiger charge is 2.31. The number of carbonyl (C=O) groups is 1. The van der Waals surface area contributed by atoms with Gasteiger partial charge in [-0.2, -0.15) is 0 Å². The monoisotopic (exact) mass is 317 g/mol. The average molecular weight is 317 g/mol. The summed E-state index contributed by atoms with van der Waals surface area (Å²) in [6.45, 7) is 0.692. The van der Waals surface area contributed by atoms with Crippen LogP contribution in [0.5, 0.6) is 5.75 Å². The van der Waals surface area contributed by atoms with Crippen LogP contribution in [0.3, 0.4) is 0 Å². The maximum Gasteiger partial charge on any atom is 0.255 e. The topological polar surface area (TPSA) is 29.5 Å². The van der Waals surface area contributed by atoms with Gasteiger partial charge in [0.1, 0.15) is 16.9 Å². The molecule has 1 atom stereocenters. The summed E-state index contributed by atoms with van der Waals surface area (Å²) in [5.74, 6) is 1.33. The van der Waals surface area contributed by atoms with Gasteiger partial charge in [-0.05, 0) is 42.0 Å². The van der Waals surface area contributed by atoms with Crippen LogP contribution in [-0.2, 0) is 0 Å². The van der Waals surface area contributed by atoms with E-state index in [9.17, 15) is 9.18 Å². The molecule has 0 saturated carbocycles. The zero-order valence-electron chi connectivity index (χ0n) is 12.2. The molecule has 1 fully saturated rings. The number of halogens is 1. The molecule has 0 aliphatic carbocycles. The van der Waals surface area contributed by atoms with Gasteiger partial charge in [0.25, 0.3) is 5.91 Å². The van der Waals surface area contributed by atoms with E-state index >= 15 is 0 Å². The molecule has 1 aliphatic heterocycles. The van der Waals surface area contributed by atoms with E-state index in [4.69, 9.17) is 4.74 Å². The normalized spacial score (nSPS) is 17.5. The van der Waals surface area contributed by atoms with E-state index in [1.165, 1.54) is 12.1 Å². The van der Waals surface area contributed by atoms with Gasteiger partial charge in [-0.15, -0.1) is 11.8 Å². The van der Waals surface area contributed by atoms with Crippen molar-refractivity contribution in [3.8, 4) is 5.75 Å². The summed E-state index contributed by atoms with van der Waals surface area (Å²) in [4.78, 5) is 14.5. The molecule has 2 aromatic rings. The Morgan fingerprint density at radius 3 is 2.50 bits per heavy atom. The number of ether oxygens (including phenoxy) is 1. The van der Waals surface area contributed by atoms with E-state index in [0.717, 1.165) is 17.1 Å². The first kappa shape index (κ1) is 14.9. The number of amides is 1. The highest BCUT2D eigenvalue weighted by atomic mass is 32.2. The Morgan fingerprint density at radius 1 is 1.18 bits per heavy atom. The number of benzene rings is 2. The molecule has 114 valence electrons. The van der Waals surface area contributed by atoms with Gasteiger partial charge in [0.2, 0.25) is 0 Å². The van der Waals surface area contributed by atoms with Crippen LogP contribution >= 0.6 is 11.8 Å². The number of rotatable bonds is 3. The van der Waals surface area contributed by atoms with E-state index in [2.05, 4.69) is 0 Å². The second-order valence-electron chi connectivity index (χ2n) is 5.00. The minimum atomic E-state index is -0.264. The molecule has 0 spiro atoms. The lowest BCUT2D eigenvalue weighted by atomic mass is 10.1. The third-order valence-electron chi connectivity index (χ3n) is 3.64. The van der Waals surface area contributed by atoms with Gasteiger partial charge in [0.15, 0.2) is 0 Å². The van der Waals surface area contributed by atoms with Crippen molar-refractivity contribution >= 4 is 17.7 Å². The lowest BCUT2D eigenvalue weighted by molar-refractivity contribution is 0.0760. The van der Waals surface area contributed by atoms with Crippen LogP contribution in [0, 0.1) is 5.82 Å². The third-order valence-corrected chi connectivity index (χ3v) is 4.90. The Morgan fingerprint density at radius 2 is 1.86 bits per heavy atom. The molecule has 3 nitrogen and oxygen atoms in total. The number of hydrogen-bond acceptors (Lipinski definition) is 3. The summed E-state index contributed by atoms with van der Waals surface area (Å²) in [6, 6.07) is 13.5. The van der Waals surface area contributed by atoms with Gasteiger partial charge in [-0.3, -0.25) is 4.79 Å². The minimum absolute atomic E-state index is 0.0121. The fraction of sp³-hybridized carbons (Fsp3) is 0.235. The van der Waals surface area contributed by atoms with Crippen molar-refractivity contribution < 1.29 is 13.9 Å². The lowest BCUT2D eigenvalue weighted by Crippen LogP contribution is -2.30. The second-order valence-corrected chi connectivity index (χ2v) is 6.19. The first-order valence-electron chi connectivity index (χ1n) is 7.01. The van der Waals surface area contributed by atoms with Gasteiger partial charge in [0, 0.05) is 17.9 Å². The zero-order valence-corrected chi connectivity index (χ0v) is 13.0. The van der Waals surface area contributed by atoms with Crippen LogP contribution in [0.25, 0.3) is 0 Å². The van der Waals surface area contributed by atoms with E-state index in [1.807, 2.05) is 4.90 Å². The molecule has 1 aliphatic rings. The maximum atomic E-state index is 13.1. The molecule has 22 heavy (non-hydrogen) atoms. The summed E-state index contributed by atoms with van der Waals surface area (Å²) in [5, 5.41) is -0.0600. The highest BCUT2D eigenvalue weighted by molar-refractivity contribution is 7.99. The Kier molecular flexibility index (Phi) is 4.34. The molecule has 0 aromatic heterocycles. The van der Waals surface area contributed by atoms with E-state index < -0.39 is 0 Å². The van der Waals surface area contributed by atoms with Crippen molar-refractivity contribution in [3.05, 3.63) is 65.5 Å². The smallest absolute Gasteiger partial charge is 0.255 e. The second kappa shape index (κ2) is 6.40. The zero-order chi connectivity index (χ0) is 15.5. The number of nitrogens with zero attached hydrogens (tertiary/aromatic N) is 1. The highest BCUT2D eigenvalue weighted by Crippen LogP contribution is 2.38. The predicted octanol–water partition coefficient (Wildman–Crippen LogP) is 3.72. The summed E-state index contributed by atoms with van der Waals surface area (Å²) >= 11 is 1.70. The van der Waals surface area contributed by atoms with Gasteiger partial charge in [-0.1, -0.05) is 12.1 Å². The van der Waals surface area contributed by atoms with Crippen LogP contribution < -0.4 is 4.74 Å². The molecule has 0 N–H and O–H groups in total. The molecule has 1 amide bonds. The van der Waals surface area contributed by atoms with E-state index in [0.29, 0.717) is 12.1 Å². The Bertz CT molecular complexity index is 657. The van der Waals surface area contributed by atoms with Crippen molar-refractivity contribution in [3.63, 3.8) is 0 Å². The standard InChI is InChI=1S/C17H16FNO2S/c1-21-15-8-4-12(5-9-15)16(20)19-10-11-22-17(19)13-2-6-14(18)7-3-13/h2-9,17H,10-11H2,1H3. The Labute approximate surface area is 133 Å². The Balaban J connectivity index is 1.82. The molecule has 0 radical (unpaired) electrons. The van der Waals surface area contributed by atoms with Gasteiger partial charge in [-0.25, -0.2) is 4.39 Å². The van der Waals surface area contributed by atoms with E-state index in [1.54, 1.807) is 55.3 Å². The van der Waals surface area contributed by atoms with Crippen LogP contribution in [0.4, 0.5) is 4.39 Å². The predicted molar refractivity (Wildman–Crippen MR) is 85.6 cm³/mol. The summed E-state index contributed by atoms with van der Waals surface area (Å²) in [6.07, 6.45) is 0. The van der Waals surface area contributed by atoms with Crippen LogP contribution in [-0.4, -0.2) is 30.2 Å². The summed E-state index contributed by atoms with van der Waals surface area (Å²) in [5.41, 5.74) is 1.58. The van der Waals surface area contributed by atoms with Gasteiger partial charge >= 0.3 is 0 Å². The Hall–Kier alpha value is -2.01. The summed E-state index contributed by atoms with van der Waals surface area (Å²) < 4.78 is 18.2. The number of thioether (sulfide) groups is 1. The van der Waals surface area contributed by atoms with Crippen molar-refractivity contribution in [2.45, 2.75) is 5.37 Å². The van der Waals surface area contributed by atoms with Crippen molar-refractivity contribution in [2.24, 2.45) is 0 Å². The van der Waals surface area contributed by atoms with Crippen molar-refractivity contribution in [1.82, 2.24) is 4.90 Å². The van der Waals surface area contributed by atoms with Crippen LogP contribution in [0.15, 0.2) is 48.5 Å². The molecule has 1 saturated heterocycles. The molecule has 1 heterocycles. The third kappa shape index (κ3) is 2.95. The van der Waals surface area contributed by atoms with Crippen molar-refractivity contribution in [2.75, 3.05) is 19.4 Å². The van der Waals surface area contributed by atoms with Crippen LogP contribution in [0.2, 0.25) is 0 Å². The quantitative estimate of drug-likeness (QED) is 0.864. The molecule has 5 heteroatoms. The largest absolute Gasteiger partial charge is 0.497 e. The van der Waals surface area contributed by atoms with Crippen molar-refractivity contribution in [1.29, 1.82) is 0 Å². The lowest BCUT2D eigenvalue weighted by Gasteiger charge is -2.24. The molecule has 3 rings (SSSR count). The van der Waals surface area contributed by atoms with Gasteiger partial charge in [0.05, 0.1) is 7.11 Å². The first-order chi connectivity index (χ1) is 10.7. The first-order valence-corrected chi connectivity index (χ1v) is 8.06. The average Bonchev–Trinajstić information content (AvgIpc) is 3.04. The maximum absolute atomic E-state index is 13.1. The SMILES string of the molecule is COc1ccc(C(=O)N2CCSC2c2ccc(F)cc2)cc1. The van der Waals surface area contributed by atoms with E-state index in [-0.39, 0.29) is 17.1 Å². The number of hydrogen-bond donors (Lipinski definition) is 0. The fourth-order valence-corrected chi connectivity index (χ4v) is 3.74.